The number of halogens is 1. The molecule has 1 aromatic heterocycles. The number of carbonyl (C=O) groups excluding carboxylic acids is 3. The predicted octanol–water partition coefficient (Wildman–Crippen LogP) is 3.44. The third-order valence-electron chi connectivity index (χ3n) is 3.44. The Labute approximate surface area is 161 Å². The second-order valence-corrected chi connectivity index (χ2v) is 5.94. The van der Waals surface area contributed by atoms with Crippen LogP contribution in [0, 0.1) is 0 Å². The van der Waals surface area contributed by atoms with Crippen LogP contribution >= 0.6 is 11.6 Å². The molecule has 1 heterocycles. The van der Waals surface area contributed by atoms with Gasteiger partial charge in [-0.3, -0.25) is 14.4 Å². The largest absolute Gasteiger partial charge is 0.465 e. The Bertz CT molecular complexity index is 831. The number of hydrogen-bond acceptors (Lipinski definition) is 4. The zero-order valence-electron chi connectivity index (χ0n) is 14.8. The maximum Gasteiger partial charge on any atom is 0.244 e. The standard InChI is InChI=1S/C19H20ClN3O4/c1-2-17(24)22-13-5-7-15(20)16(12-13)23-19(26)9-10-21-18(25)8-6-14-4-3-11-27-14/h3-8,11-12H,2,9-10H2,1H3,(H,21,25)(H,22,24)(H,23,26)/b8-6+. The van der Waals surface area contributed by atoms with Crippen molar-refractivity contribution in [3.05, 3.63) is 53.5 Å². The van der Waals surface area contributed by atoms with Crippen molar-refractivity contribution in [3.8, 4) is 0 Å². The van der Waals surface area contributed by atoms with Gasteiger partial charge in [-0.25, -0.2) is 0 Å². The minimum absolute atomic E-state index is 0.0716. The molecule has 0 spiro atoms. The molecule has 27 heavy (non-hydrogen) atoms. The van der Waals surface area contributed by atoms with Crippen molar-refractivity contribution < 1.29 is 18.8 Å². The lowest BCUT2D eigenvalue weighted by Gasteiger charge is -2.10. The minimum atomic E-state index is -0.332. The first-order valence-electron chi connectivity index (χ1n) is 8.36. The predicted molar refractivity (Wildman–Crippen MR) is 104 cm³/mol. The van der Waals surface area contributed by atoms with E-state index in [2.05, 4.69) is 16.0 Å². The molecule has 0 aliphatic rings. The van der Waals surface area contributed by atoms with Gasteiger partial charge in [0.05, 0.1) is 17.0 Å². The fourth-order valence-electron chi connectivity index (χ4n) is 2.06. The van der Waals surface area contributed by atoms with Gasteiger partial charge in [-0.05, 0) is 36.4 Å². The van der Waals surface area contributed by atoms with Crippen LogP contribution in [0.3, 0.4) is 0 Å². The summed E-state index contributed by atoms with van der Waals surface area (Å²) in [5, 5.41) is 8.31. The lowest BCUT2D eigenvalue weighted by Crippen LogP contribution is -2.26. The molecule has 0 radical (unpaired) electrons. The normalized spacial score (nSPS) is 10.6. The summed E-state index contributed by atoms with van der Waals surface area (Å²) in [5.74, 6) is -0.222. The molecule has 0 bridgehead atoms. The summed E-state index contributed by atoms with van der Waals surface area (Å²) in [4.78, 5) is 35.2. The number of rotatable bonds is 8. The number of carbonyl (C=O) groups is 3. The summed E-state index contributed by atoms with van der Waals surface area (Å²) in [7, 11) is 0. The molecule has 2 rings (SSSR count). The van der Waals surface area contributed by atoms with Crippen molar-refractivity contribution in [2.24, 2.45) is 0 Å². The quantitative estimate of drug-likeness (QED) is 0.602. The first-order chi connectivity index (χ1) is 13.0. The zero-order valence-corrected chi connectivity index (χ0v) is 15.5. The monoisotopic (exact) mass is 389 g/mol. The summed E-state index contributed by atoms with van der Waals surface area (Å²) in [6.07, 6.45) is 4.79. The number of furan rings is 1. The van der Waals surface area contributed by atoms with Gasteiger partial charge in [-0.15, -0.1) is 0 Å². The molecule has 0 saturated heterocycles. The number of nitrogens with one attached hydrogen (secondary N) is 3. The van der Waals surface area contributed by atoms with E-state index in [-0.39, 0.29) is 30.7 Å². The number of benzene rings is 1. The Kier molecular flexibility index (Phi) is 7.63. The van der Waals surface area contributed by atoms with Gasteiger partial charge in [0.15, 0.2) is 0 Å². The highest BCUT2D eigenvalue weighted by Crippen LogP contribution is 2.25. The highest BCUT2D eigenvalue weighted by Gasteiger charge is 2.08. The molecule has 0 aliphatic heterocycles. The van der Waals surface area contributed by atoms with Gasteiger partial charge >= 0.3 is 0 Å². The van der Waals surface area contributed by atoms with Crippen LogP contribution in [0.15, 0.2) is 47.1 Å². The average Bonchev–Trinajstić information content (AvgIpc) is 3.16. The molecule has 0 atom stereocenters. The molecule has 0 saturated carbocycles. The minimum Gasteiger partial charge on any atom is -0.465 e. The van der Waals surface area contributed by atoms with E-state index in [1.165, 1.54) is 18.4 Å². The van der Waals surface area contributed by atoms with E-state index in [0.717, 1.165) is 0 Å². The van der Waals surface area contributed by atoms with Crippen molar-refractivity contribution in [2.75, 3.05) is 17.2 Å². The molecule has 0 unspecified atom stereocenters. The fraction of sp³-hybridized carbons (Fsp3) is 0.211. The number of hydrogen-bond donors (Lipinski definition) is 3. The molecule has 3 N–H and O–H groups in total. The molecule has 8 heteroatoms. The lowest BCUT2D eigenvalue weighted by molar-refractivity contribution is -0.118. The maximum atomic E-state index is 12.0. The number of amides is 3. The van der Waals surface area contributed by atoms with Crippen LogP contribution in [-0.4, -0.2) is 24.3 Å². The van der Waals surface area contributed by atoms with E-state index in [4.69, 9.17) is 16.0 Å². The van der Waals surface area contributed by atoms with Crippen LogP contribution in [0.25, 0.3) is 6.08 Å². The van der Waals surface area contributed by atoms with Crippen LogP contribution in [0.5, 0.6) is 0 Å². The van der Waals surface area contributed by atoms with Gasteiger partial charge in [0, 0.05) is 31.1 Å². The smallest absolute Gasteiger partial charge is 0.244 e. The molecular formula is C19H20ClN3O4. The summed E-state index contributed by atoms with van der Waals surface area (Å²) < 4.78 is 5.08. The summed E-state index contributed by atoms with van der Waals surface area (Å²) in [6, 6.07) is 8.26. The molecule has 7 nitrogen and oxygen atoms in total. The second kappa shape index (κ2) is 10.2. The van der Waals surface area contributed by atoms with Crippen molar-refractivity contribution >= 4 is 46.8 Å². The zero-order chi connectivity index (χ0) is 19.6. The average molecular weight is 390 g/mol. The Morgan fingerprint density at radius 3 is 2.67 bits per heavy atom. The molecule has 1 aromatic carbocycles. The van der Waals surface area contributed by atoms with Crippen molar-refractivity contribution in [1.29, 1.82) is 0 Å². The molecule has 3 amide bonds. The van der Waals surface area contributed by atoms with E-state index in [9.17, 15) is 14.4 Å². The summed E-state index contributed by atoms with van der Waals surface area (Å²) in [5.41, 5.74) is 0.928. The highest BCUT2D eigenvalue weighted by molar-refractivity contribution is 6.33. The highest BCUT2D eigenvalue weighted by atomic mass is 35.5. The topological polar surface area (TPSA) is 100 Å². The van der Waals surface area contributed by atoms with Gasteiger partial charge in [-0.2, -0.15) is 0 Å². The first-order valence-corrected chi connectivity index (χ1v) is 8.74. The third-order valence-corrected chi connectivity index (χ3v) is 3.77. The first kappa shape index (κ1) is 20.3. The van der Waals surface area contributed by atoms with Crippen molar-refractivity contribution in [2.45, 2.75) is 19.8 Å². The van der Waals surface area contributed by atoms with E-state index in [1.807, 2.05) is 0 Å². The molecular weight excluding hydrogens is 370 g/mol. The van der Waals surface area contributed by atoms with Crippen LogP contribution in [0.2, 0.25) is 5.02 Å². The van der Waals surface area contributed by atoms with Gasteiger partial charge in [0.25, 0.3) is 0 Å². The molecule has 142 valence electrons. The maximum absolute atomic E-state index is 12.0. The van der Waals surface area contributed by atoms with Crippen molar-refractivity contribution in [3.63, 3.8) is 0 Å². The molecule has 0 fully saturated rings. The Hall–Kier alpha value is -3.06. The lowest BCUT2D eigenvalue weighted by atomic mass is 10.2. The van der Waals surface area contributed by atoms with Crippen LogP contribution in [0.4, 0.5) is 11.4 Å². The Morgan fingerprint density at radius 2 is 1.96 bits per heavy atom. The summed E-state index contributed by atoms with van der Waals surface area (Å²) in [6.45, 7) is 1.91. The third kappa shape index (κ3) is 6.99. The summed E-state index contributed by atoms with van der Waals surface area (Å²) >= 11 is 6.07. The van der Waals surface area contributed by atoms with Crippen molar-refractivity contribution in [1.82, 2.24) is 5.32 Å². The molecule has 0 aliphatic carbocycles. The van der Waals surface area contributed by atoms with Crippen LogP contribution < -0.4 is 16.0 Å². The van der Waals surface area contributed by atoms with Crippen LogP contribution in [0.1, 0.15) is 25.5 Å². The van der Waals surface area contributed by atoms with Crippen LogP contribution in [-0.2, 0) is 14.4 Å². The Morgan fingerprint density at radius 1 is 1.15 bits per heavy atom. The van der Waals surface area contributed by atoms with Gasteiger partial charge in [0.2, 0.25) is 17.7 Å². The SMILES string of the molecule is CCC(=O)Nc1ccc(Cl)c(NC(=O)CCNC(=O)/C=C/c2ccco2)c1. The van der Waals surface area contributed by atoms with E-state index in [1.54, 1.807) is 37.3 Å². The van der Waals surface area contributed by atoms with Gasteiger partial charge in [0.1, 0.15) is 5.76 Å². The molecule has 2 aromatic rings. The van der Waals surface area contributed by atoms with E-state index < -0.39 is 0 Å². The second-order valence-electron chi connectivity index (χ2n) is 5.53. The van der Waals surface area contributed by atoms with Gasteiger partial charge in [-0.1, -0.05) is 18.5 Å². The Balaban J connectivity index is 1.80. The van der Waals surface area contributed by atoms with E-state index >= 15 is 0 Å². The van der Waals surface area contributed by atoms with Gasteiger partial charge < -0.3 is 20.4 Å². The fourth-order valence-corrected chi connectivity index (χ4v) is 2.23. The van der Waals surface area contributed by atoms with E-state index in [0.29, 0.717) is 28.6 Å². The number of anilines is 2.